The summed E-state index contributed by atoms with van der Waals surface area (Å²) >= 11 is 0. The van der Waals surface area contributed by atoms with Crippen LogP contribution in [0.25, 0.3) is 0 Å². The van der Waals surface area contributed by atoms with E-state index < -0.39 is 5.97 Å². The number of hydrogen-bond donors (Lipinski definition) is 4. The van der Waals surface area contributed by atoms with Gasteiger partial charge in [-0.1, -0.05) is 6.42 Å². The van der Waals surface area contributed by atoms with Crippen LogP contribution in [0.15, 0.2) is 0 Å². The van der Waals surface area contributed by atoms with Gasteiger partial charge in [-0.05, 0) is 19.3 Å². The molecule has 0 radical (unpaired) electrons. The van der Waals surface area contributed by atoms with Crippen molar-refractivity contribution < 1.29 is 19.5 Å². The van der Waals surface area contributed by atoms with Gasteiger partial charge in [0.1, 0.15) is 0 Å². The number of rotatable bonds is 10. The van der Waals surface area contributed by atoms with Crippen LogP contribution in [-0.2, 0) is 9.59 Å². The highest BCUT2D eigenvalue weighted by atomic mass is 16.4. The van der Waals surface area contributed by atoms with E-state index in [9.17, 15) is 14.4 Å². The summed E-state index contributed by atoms with van der Waals surface area (Å²) in [5.74, 6) is -1.18. The van der Waals surface area contributed by atoms with Crippen LogP contribution in [0.5, 0.6) is 0 Å². The zero-order valence-electron chi connectivity index (χ0n) is 10.4. The molecule has 0 heterocycles. The number of urea groups is 1. The lowest BCUT2D eigenvalue weighted by molar-refractivity contribution is -0.137. The molecular formula is C11H21N3O4. The molecule has 0 rings (SSSR count). The molecule has 0 aromatic carbocycles. The molecule has 0 aromatic rings. The molecule has 0 spiro atoms. The lowest BCUT2D eigenvalue weighted by Gasteiger charge is -2.06. The number of carbonyl (C=O) groups is 3. The Morgan fingerprint density at radius 2 is 1.50 bits per heavy atom. The molecular weight excluding hydrogens is 238 g/mol. The van der Waals surface area contributed by atoms with E-state index in [2.05, 4.69) is 10.6 Å². The molecule has 0 saturated carbocycles. The van der Waals surface area contributed by atoms with Gasteiger partial charge >= 0.3 is 12.0 Å². The SMILES string of the molecule is NC(=O)CCCNC(=O)NCCCCCC(=O)O. The lowest BCUT2D eigenvalue weighted by Crippen LogP contribution is -2.36. The minimum atomic E-state index is -0.796. The van der Waals surface area contributed by atoms with E-state index in [0.29, 0.717) is 25.9 Å². The number of aliphatic carboxylic acids is 1. The summed E-state index contributed by atoms with van der Waals surface area (Å²) in [7, 11) is 0. The maximum Gasteiger partial charge on any atom is 0.314 e. The molecule has 104 valence electrons. The van der Waals surface area contributed by atoms with Crippen molar-refractivity contribution in [2.45, 2.75) is 38.5 Å². The average molecular weight is 259 g/mol. The molecule has 0 aliphatic carbocycles. The van der Waals surface area contributed by atoms with Crippen LogP contribution < -0.4 is 16.4 Å². The van der Waals surface area contributed by atoms with Crippen LogP contribution in [0.3, 0.4) is 0 Å². The second-order valence-corrected chi connectivity index (χ2v) is 3.96. The van der Waals surface area contributed by atoms with E-state index in [0.717, 1.165) is 12.8 Å². The van der Waals surface area contributed by atoms with Crippen LogP contribution in [0, 0.1) is 0 Å². The zero-order chi connectivity index (χ0) is 13.8. The van der Waals surface area contributed by atoms with Crippen molar-refractivity contribution in [1.29, 1.82) is 0 Å². The minimum Gasteiger partial charge on any atom is -0.481 e. The number of nitrogens with two attached hydrogens (primary N) is 1. The van der Waals surface area contributed by atoms with Crippen LogP contribution in [-0.4, -0.2) is 36.1 Å². The fourth-order valence-electron chi connectivity index (χ4n) is 1.31. The highest BCUT2D eigenvalue weighted by Gasteiger charge is 2.00. The Morgan fingerprint density at radius 1 is 0.889 bits per heavy atom. The second-order valence-electron chi connectivity index (χ2n) is 3.96. The maximum atomic E-state index is 11.2. The number of primary amides is 1. The Labute approximate surface area is 106 Å². The Morgan fingerprint density at radius 3 is 2.06 bits per heavy atom. The van der Waals surface area contributed by atoms with E-state index in [-0.39, 0.29) is 24.8 Å². The topological polar surface area (TPSA) is 122 Å². The molecule has 0 atom stereocenters. The van der Waals surface area contributed by atoms with Crippen molar-refractivity contribution >= 4 is 17.9 Å². The predicted molar refractivity (Wildman–Crippen MR) is 65.9 cm³/mol. The van der Waals surface area contributed by atoms with Gasteiger partial charge in [0.05, 0.1) is 0 Å². The third kappa shape index (κ3) is 12.3. The van der Waals surface area contributed by atoms with Gasteiger partial charge in [-0.25, -0.2) is 4.79 Å². The molecule has 0 saturated heterocycles. The molecule has 0 unspecified atom stereocenters. The maximum absolute atomic E-state index is 11.2. The third-order valence-electron chi connectivity index (χ3n) is 2.24. The van der Waals surface area contributed by atoms with Crippen LogP contribution in [0.2, 0.25) is 0 Å². The first-order valence-corrected chi connectivity index (χ1v) is 6.04. The fourth-order valence-corrected chi connectivity index (χ4v) is 1.31. The molecule has 0 bridgehead atoms. The van der Waals surface area contributed by atoms with Crippen molar-refractivity contribution in [3.63, 3.8) is 0 Å². The fraction of sp³-hybridized carbons (Fsp3) is 0.727. The number of carboxylic acids is 1. The number of carbonyl (C=O) groups excluding carboxylic acids is 2. The van der Waals surface area contributed by atoms with Gasteiger partial charge in [0.2, 0.25) is 5.91 Å². The average Bonchev–Trinajstić information content (AvgIpc) is 2.28. The lowest BCUT2D eigenvalue weighted by atomic mass is 10.2. The Hall–Kier alpha value is -1.79. The first-order chi connectivity index (χ1) is 8.52. The summed E-state index contributed by atoms with van der Waals surface area (Å²) in [5, 5.41) is 13.6. The highest BCUT2D eigenvalue weighted by Crippen LogP contribution is 1.98. The van der Waals surface area contributed by atoms with Gasteiger partial charge < -0.3 is 21.5 Å². The summed E-state index contributed by atoms with van der Waals surface area (Å²) in [6.45, 7) is 0.926. The summed E-state index contributed by atoms with van der Waals surface area (Å²) in [6, 6.07) is -0.280. The van der Waals surface area contributed by atoms with Crippen molar-refractivity contribution in [3.05, 3.63) is 0 Å². The predicted octanol–water partition coefficient (Wildman–Crippen LogP) is 0.196. The first kappa shape index (κ1) is 16.2. The molecule has 0 aromatic heterocycles. The van der Waals surface area contributed by atoms with Gasteiger partial charge in [0.25, 0.3) is 0 Å². The second kappa shape index (κ2) is 10.4. The normalized spacial score (nSPS) is 9.78. The largest absolute Gasteiger partial charge is 0.481 e. The van der Waals surface area contributed by atoms with Gasteiger partial charge in [-0.15, -0.1) is 0 Å². The molecule has 0 fully saturated rings. The van der Waals surface area contributed by atoms with Gasteiger partial charge in [0, 0.05) is 25.9 Å². The van der Waals surface area contributed by atoms with Crippen molar-refractivity contribution in [3.8, 4) is 0 Å². The third-order valence-corrected chi connectivity index (χ3v) is 2.24. The number of hydrogen-bond acceptors (Lipinski definition) is 3. The zero-order valence-corrected chi connectivity index (χ0v) is 10.4. The Kier molecular flexibility index (Phi) is 9.34. The Balaban J connectivity index is 3.26. The van der Waals surface area contributed by atoms with E-state index in [1.54, 1.807) is 0 Å². The van der Waals surface area contributed by atoms with E-state index in [4.69, 9.17) is 10.8 Å². The first-order valence-electron chi connectivity index (χ1n) is 6.04. The molecule has 18 heavy (non-hydrogen) atoms. The highest BCUT2D eigenvalue weighted by molar-refractivity contribution is 5.74. The summed E-state index contributed by atoms with van der Waals surface area (Å²) in [5.41, 5.74) is 4.95. The molecule has 3 amide bonds. The summed E-state index contributed by atoms with van der Waals surface area (Å²) in [4.78, 5) is 31.8. The van der Waals surface area contributed by atoms with Gasteiger partial charge in [0.15, 0.2) is 0 Å². The van der Waals surface area contributed by atoms with Crippen LogP contribution in [0.1, 0.15) is 38.5 Å². The summed E-state index contributed by atoms with van der Waals surface area (Å²) in [6.07, 6.45) is 3.10. The number of carboxylic acid groups (broad SMARTS) is 1. The monoisotopic (exact) mass is 259 g/mol. The van der Waals surface area contributed by atoms with Crippen LogP contribution >= 0.6 is 0 Å². The molecule has 7 heteroatoms. The number of nitrogens with one attached hydrogen (secondary N) is 2. The van der Waals surface area contributed by atoms with Crippen molar-refractivity contribution in [2.24, 2.45) is 5.73 Å². The number of amides is 3. The molecule has 5 N–H and O–H groups in total. The van der Waals surface area contributed by atoms with E-state index >= 15 is 0 Å². The number of unbranched alkanes of at least 4 members (excludes halogenated alkanes) is 2. The van der Waals surface area contributed by atoms with Gasteiger partial charge in [-0.3, -0.25) is 9.59 Å². The summed E-state index contributed by atoms with van der Waals surface area (Å²) < 4.78 is 0. The molecule has 0 aliphatic rings. The standard InChI is InChI=1S/C11H21N3O4/c12-9(15)5-4-8-14-11(18)13-7-3-1-2-6-10(16)17/h1-8H2,(H2,12,15)(H,16,17)(H2,13,14,18). The minimum absolute atomic E-state index is 0.166. The quantitative estimate of drug-likeness (QED) is 0.418. The van der Waals surface area contributed by atoms with Gasteiger partial charge in [-0.2, -0.15) is 0 Å². The smallest absolute Gasteiger partial charge is 0.314 e. The molecule has 0 aliphatic heterocycles. The van der Waals surface area contributed by atoms with Crippen molar-refractivity contribution in [2.75, 3.05) is 13.1 Å². The molecule has 7 nitrogen and oxygen atoms in total. The van der Waals surface area contributed by atoms with E-state index in [1.165, 1.54) is 0 Å². The Bertz CT molecular complexity index is 281. The van der Waals surface area contributed by atoms with E-state index in [1.807, 2.05) is 0 Å². The van der Waals surface area contributed by atoms with Crippen molar-refractivity contribution in [1.82, 2.24) is 10.6 Å². The van der Waals surface area contributed by atoms with Crippen LogP contribution in [0.4, 0.5) is 4.79 Å².